The highest BCUT2D eigenvalue weighted by Gasteiger charge is 2.19. The van der Waals surface area contributed by atoms with Crippen molar-refractivity contribution in [2.45, 2.75) is 32.7 Å². The molecule has 11 heavy (non-hydrogen) atoms. The maximum atomic E-state index is 3.57. The molecule has 0 aromatic rings. The minimum absolute atomic E-state index is 0.745. The van der Waals surface area contributed by atoms with E-state index in [1.54, 1.807) is 0 Å². The van der Waals surface area contributed by atoms with Crippen molar-refractivity contribution in [1.82, 2.24) is 10.6 Å². The van der Waals surface area contributed by atoms with Gasteiger partial charge in [0.15, 0.2) is 0 Å². The summed E-state index contributed by atoms with van der Waals surface area (Å²) in [5.41, 5.74) is 0. The second-order valence-electron chi connectivity index (χ2n) is 3.34. The van der Waals surface area contributed by atoms with Gasteiger partial charge in [0.1, 0.15) is 0 Å². The van der Waals surface area contributed by atoms with E-state index in [-0.39, 0.29) is 0 Å². The van der Waals surface area contributed by atoms with E-state index in [0.717, 1.165) is 25.0 Å². The summed E-state index contributed by atoms with van der Waals surface area (Å²) >= 11 is 0. The molecule has 2 N–H and O–H groups in total. The van der Waals surface area contributed by atoms with Crippen molar-refractivity contribution in [3.05, 3.63) is 0 Å². The summed E-state index contributed by atoms with van der Waals surface area (Å²) in [7, 11) is 0. The Hall–Kier alpha value is -0.0800. The van der Waals surface area contributed by atoms with E-state index in [1.807, 2.05) is 0 Å². The van der Waals surface area contributed by atoms with Gasteiger partial charge in [0.05, 0.1) is 0 Å². The topological polar surface area (TPSA) is 24.1 Å². The molecule has 66 valence electrons. The molecule has 2 heteroatoms. The number of rotatable bonds is 2. The lowest BCUT2D eigenvalue weighted by Gasteiger charge is -2.22. The van der Waals surface area contributed by atoms with E-state index in [4.69, 9.17) is 0 Å². The fraction of sp³-hybridized carbons (Fsp3) is 1.00. The summed E-state index contributed by atoms with van der Waals surface area (Å²) in [6.45, 7) is 8.01. The second kappa shape index (κ2) is 4.73. The molecule has 2 atom stereocenters. The third-order valence-corrected chi connectivity index (χ3v) is 2.65. The minimum Gasteiger partial charge on any atom is -0.315 e. The molecule has 0 spiro atoms. The number of hydrogen-bond donors (Lipinski definition) is 2. The molecule has 0 radical (unpaired) electrons. The first-order valence-corrected chi connectivity index (χ1v) is 4.82. The monoisotopic (exact) mass is 156 g/mol. The molecule has 0 aromatic heterocycles. The highest BCUT2D eigenvalue weighted by molar-refractivity contribution is 4.79. The van der Waals surface area contributed by atoms with Crippen LogP contribution in [0.25, 0.3) is 0 Å². The molecule has 1 heterocycles. The first-order chi connectivity index (χ1) is 5.38. The molecule has 0 bridgehead atoms. The molecule has 1 fully saturated rings. The van der Waals surface area contributed by atoms with Crippen LogP contribution in [0, 0.1) is 5.92 Å². The highest BCUT2D eigenvalue weighted by atomic mass is 15.0. The molecule has 1 aliphatic rings. The zero-order valence-electron chi connectivity index (χ0n) is 7.69. The normalized spacial score (nSPS) is 33.3. The quantitative estimate of drug-likeness (QED) is 0.623. The average Bonchev–Trinajstić information content (AvgIpc) is 2.27. The van der Waals surface area contributed by atoms with Crippen LogP contribution in [-0.4, -0.2) is 25.7 Å². The Bertz CT molecular complexity index is 91.7. The summed E-state index contributed by atoms with van der Waals surface area (Å²) in [4.78, 5) is 0. The van der Waals surface area contributed by atoms with Gasteiger partial charge in [0.2, 0.25) is 0 Å². The summed E-state index contributed by atoms with van der Waals surface area (Å²) < 4.78 is 0. The Balaban J connectivity index is 2.41. The molecule has 2 nitrogen and oxygen atoms in total. The lowest BCUT2D eigenvalue weighted by atomic mass is 9.95. The van der Waals surface area contributed by atoms with Gasteiger partial charge in [-0.1, -0.05) is 20.3 Å². The Labute approximate surface area is 69.8 Å². The molecule has 2 unspecified atom stereocenters. The molecular formula is C9H20N2. The van der Waals surface area contributed by atoms with Gasteiger partial charge >= 0.3 is 0 Å². The van der Waals surface area contributed by atoms with Gasteiger partial charge in [-0.05, 0) is 18.9 Å². The van der Waals surface area contributed by atoms with Gasteiger partial charge < -0.3 is 10.6 Å². The van der Waals surface area contributed by atoms with Crippen molar-refractivity contribution in [2.75, 3.05) is 19.6 Å². The van der Waals surface area contributed by atoms with Crippen molar-refractivity contribution in [1.29, 1.82) is 0 Å². The zero-order valence-corrected chi connectivity index (χ0v) is 7.69. The predicted molar refractivity (Wildman–Crippen MR) is 48.7 cm³/mol. The molecular weight excluding hydrogens is 136 g/mol. The SMILES string of the molecule is CCC1CNCCNC1CC. The standard InChI is InChI=1S/C9H20N2/c1-3-8-7-10-5-6-11-9(8)4-2/h8-11H,3-7H2,1-2H3. The summed E-state index contributed by atoms with van der Waals surface area (Å²) in [6.07, 6.45) is 2.55. The molecule has 1 rings (SSSR count). The lowest BCUT2D eigenvalue weighted by Crippen LogP contribution is -2.35. The van der Waals surface area contributed by atoms with Gasteiger partial charge in [-0.3, -0.25) is 0 Å². The summed E-state index contributed by atoms with van der Waals surface area (Å²) in [6, 6.07) is 0.745. The van der Waals surface area contributed by atoms with Crippen LogP contribution in [0.15, 0.2) is 0 Å². The lowest BCUT2D eigenvalue weighted by molar-refractivity contribution is 0.358. The van der Waals surface area contributed by atoms with Gasteiger partial charge in [0, 0.05) is 19.1 Å². The average molecular weight is 156 g/mol. The third-order valence-electron chi connectivity index (χ3n) is 2.65. The van der Waals surface area contributed by atoms with Crippen LogP contribution < -0.4 is 10.6 Å². The largest absolute Gasteiger partial charge is 0.315 e. The van der Waals surface area contributed by atoms with Gasteiger partial charge in [-0.15, -0.1) is 0 Å². The number of hydrogen-bond acceptors (Lipinski definition) is 2. The van der Waals surface area contributed by atoms with Crippen LogP contribution in [0.4, 0.5) is 0 Å². The van der Waals surface area contributed by atoms with E-state index in [0.29, 0.717) is 0 Å². The smallest absolute Gasteiger partial charge is 0.0105 e. The van der Waals surface area contributed by atoms with E-state index in [9.17, 15) is 0 Å². The van der Waals surface area contributed by atoms with Gasteiger partial charge in [-0.25, -0.2) is 0 Å². The molecule has 1 saturated heterocycles. The Kier molecular flexibility index (Phi) is 3.87. The number of nitrogens with one attached hydrogen (secondary N) is 2. The van der Waals surface area contributed by atoms with E-state index in [1.165, 1.54) is 19.4 Å². The van der Waals surface area contributed by atoms with Crippen molar-refractivity contribution >= 4 is 0 Å². The van der Waals surface area contributed by atoms with E-state index >= 15 is 0 Å². The van der Waals surface area contributed by atoms with Crippen molar-refractivity contribution in [2.24, 2.45) is 5.92 Å². The fourth-order valence-electron chi connectivity index (χ4n) is 1.85. The predicted octanol–water partition coefficient (Wildman–Crippen LogP) is 0.984. The highest BCUT2D eigenvalue weighted by Crippen LogP contribution is 2.11. The Morgan fingerprint density at radius 3 is 2.64 bits per heavy atom. The van der Waals surface area contributed by atoms with Gasteiger partial charge in [0.25, 0.3) is 0 Å². The van der Waals surface area contributed by atoms with Crippen molar-refractivity contribution < 1.29 is 0 Å². The molecule has 0 aliphatic carbocycles. The Morgan fingerprint density at radius 2 is 2.00 bits per heavy atom. The maximum absolute atomic E-state index is 3.57. The van der Waals surface area contributed by atoms with Crippen LogP contribution in [0.1, 0.15) is 26.7 Å². The second-order valence-corrected chi connectivity index (χ2v) is 3.34. The van der Waals surface area contributed by atoms with Crippen LogP contribution in [0.2, 0.25) is 0 Å². The minimum atomic E-state index is 0.745. The van der Waals surface area contributed by atoms with E-state index < -0.39 is 0 Å². The Morgan fingerprint density at radius 1 is 1.18 bits per heavy atom. The third kappa shape index (κ3) is 2.46. The van der Waals surface area contributed by atoms with Crippen LogP contribution in [0.3, 0.4) is 0 Å². The van der Waals surface area contributed by atoms with Crippen molar-refractivity contribution in [3.63, 3.8) is 0 Å². The maximum Gasteiger partial charge on any atom is 0.0105 e. The summed E-state index contributed by atoms with van der Waals surface area (Å²) in [5.74, 6) is 0.836. The van der Waals surface area contributed by atoms with Crippen LogP contribution >= 0.6 is 0 Å². The fourth-order valence-corrected chi connectivity index (χ4v) is 1.85. The first kappa shape index (κ1) is 9.01. The summed E-state index contributed by atoms with van der Waals surface area (Å²) in [5, 5.41) is 7.02. The van der Waals surface area contributed by atoms with Crippen molar-refractivity contribution in [3.8, 4) is 0 Å². The van der Waals surface area contributed by atoms with Crippen LogP contribution in [-0.2, 0) is 0 Å². The molecule has 0 aromatic carbocycles. The van der Waals surface area contributed by atoms with Crippen LogP contribution in [0.5, 0.6) is 0 Å². The van der Waals surface area contributed by atoms with E-state index in [2.05, 4.69) is 24.5 Å². The molecule has 0 amide bonds. The zero-order chi connectivity index (χ0) is 8.10. The molecule has 0 saturated carbocycles. The molecule has 1 aliphatic heterocycles. The first-order valence-electron chi connectivity index (χ1n) is 4.82. The van der Waals surface area contributed by atoms with Gasteiger partial charge in [-0.2, -0.15) is 0 Å².